The van der Waals surface area contributed by atoms with Gasteiger partial charge in [0.2, 0.25) is 0 Å². The first-order valence-electron chi connectivity index (χ1n) is 5.83. The van der Waals surface area contributed by atoms with E-state index in [4.69, 9.17) is 11.1 Å². The Hall–Kier alpha value is -2.10. The lowest BCUT2D eigenvalue weighted by molar-refractivity contribution is 0.585. The van der Waals surface area contributed by atoms with Gasteiger partial charge < -0.3 is 11.1 Å². The molecule has 0 saturated carbocycles. The Morgan fingerprint density at radius 3 is 2.67 bits per heavy atom. The minimum absolute atomic E-state index is 0.134. The molecule has 0 unspecified atom stereocenters. The first kappa shape index (κ1) is 12.4. The van der Waals surface area contributed by atoms with Crippen molar-refractivity contribution in [1.29, 1.82) is 5.41 Å². The summed E-state index contributed by atoms with van der Waals surface area (Å²) in [7, 11) is 1.82. The molecule has 0 aromatic heterocycles. The van der Waals surface area contributed by atoms with Gasteiger partial charge >= 0.3 is 0 Å². The van der Waals surface area contributed by atoms with Crippen molar-refractivity contribution in [2.75, 3.05) is 18.1 Å². The number of hydrogen-bond acceptors (Lipinski definition) is 3. The first-order valence-corrected chi connectivity index (χ1v) is 5.83. The van der Waals surface area contributed by atoms with Crippen molar-refractivity contribution >= 4 is 17.1 Å². The SMILES string of the molecule is CNc1ccc(C(=N)C2=CC=C(F)CC2)c(N)c1. The maximum Gasteiger partial charge on any atom is 0.100 e. The summed E-state index contributed by atoms with van der Waals surface area (Å²) in [4.78, 5) is 0. The zero-order valence-corrected chi connectivity index (χ0v) is 10.3. The predicted molar refractivity (Wildman–Crippen MR) is 73.7 cm³/mol. The van der Waals surface area contributed by atoms with Crippen molar-refractivity contribution in [1.82, 2.24) is 0 Å². The average molecular weight is 245 g/mol. The topological polar surface area (TPSA) is 61.9 Å². The molecule has 0 aliphatic heterocycles. The van der Waals surface area contributed by atoms with Gasteiger partial charge in [0.25, 0.3) is 0 Å². The zero-order chi connectivity index (χ0) is 13.1. The summed E-state index contributed by atoms with van der Waals surface area (Å²) in [6.45, 7) is 0. The Morgan fingerprint density at radius 2 is 2.11 bits per heavy atom. The second-order valence-corrected chi connectivity index (χ2v) is 4.23. The second kappa shape index (κ2) is 5.04. The Balaban J connectivity index is 2.29. The van der Waals surface area contributed by atoms with Crippen LogP contribution in [0.2, 0.25) is 0 Å². The maximum atomic E-state index is 12.9. The van der Waals surface area contributed by atoms with Crippen LogP contribution in [0.5, 0.6) is 0 Å². The van der Waals surface area contributed by atoms with Crippen LogP contribution in [-0.4, -0.2) is 12.8 Å². The van der Waals surface area contributed by atoms with E-state index >= 15 is 0 Å². The largest absolute Gasteiger partial charge is 0.398 e. The molecule has 3 nitrogen and oxygen atoms in total. The fourth-order valence-electron chi connectivity index (χ4n) is 1.94. The molecular weight excluding hydrogens is 229 g/mol. The summed E-state index contributed by atoms with van der Waals surface area (Å²) in [6.07, 6.45) is 4.00. The standard InChI is InChI=1S/C14H16FN3/c1-18-11-6-7-12(13(16)8-11)14(17)9-2-4-10(15)5-3-9/h2,4,6-8,17-18H,3,5,16H2,1H3. The van der Waals surface area contributed by atoms with Gasteiger partial charge in [-0.25, -0.2) is 4.39 Å². The van der Waals surface area contributed by atoms with E-state index in [1.54, 1.807) is 12.1 Å². The molecule has 18 heavy (non-hydrogen) atoms. The van der Waals surface area contributed by atoms with Gasteiger partial charge in [0.05, 0.1) is 5.71 Å². The Labute approximate surface area is 106 Å². The van der Waals surface area contributed by atoms with Crippen molar-refractivity contribution in [3.63, 3.8) is 0 Å². The minimum Gasteiger partial charge on any atom is -0.398 e. The molecule has 0 saturated heterocycles. The maximum absolute atomic E-state index is 12.9. The predicted octanol–water partition coefficient (Wildman–Crippen LogP) is 3.25. The Kier molecular flexibility index (Phi) is 3.46. The molecule has 1 aliphatic carbocycles. The molecule has 0 amide bonds. The monoisotopic (exact) mass is 245 g/mol. The molecule has 94 valence electrons. The van der Waals surface area contributed by atoms with Crippen molar-refractivity contribution in [3.05, 3.63) is 47.3 Å². The van der Waals surface area contributed by atoms with Gasteiger partial charge in [-0.2, -0.15) is 0 Å². The average Bonchev–Trinajstić information content (AvgIpc) is 2.38. The molecule has 0 bridgehead atoms. The lowest BCUT2D eigenvalue weighted by atomic mass is 9.94. The molecule has 4 heteroatoms. The number of hydrogen-bond donors (Lipinski definition) is 3. The van der Waals surface area contributed by atoms with Crippen LogP contribution < -0.4 is 11.1 Å². The number of benzene rings is 1. The molecule has 1 aromatic carbocycles. The van der Waals surface area contributed by atoms with Crippen LogP contribution >= 0.6 is 0 Å². The number of nitrogens with one attached hydrogen (secondary N) is 2. The van der Waals surface area contributed by atoms with Crippen LogP contribution in [0.25, 0.3) is 0 Å². The number of anilines is 2. The van der Waals surface area contributed by atoms with E-state index in [1.807, 2.05) is 19.2 Å². The number of halogens is 1. The third-order valence-electron chi connectivity index (χ3n) is 3.03. The van der Waals surface area contributed by atoms with Crippen LogP contribution in [0.3, 0.4) is 0 Å². The van der Waals surface area contributed by atoms with Crippen LogP contribution in [0, 0.1) is 5.41 Å². The van der Waals surface area contributed by atoms with Gasteiger partial charge in [-0.05, 0) is 36.3 Å². The summed E-state index contributed by atoms with van der Waals surface area (Å²) in [5.74, 6) is -0.134. The molecule has 1 aliphatic rings. The van der Waals surface area contributed by atoms with Crippen molar-refractivity contribution < 1.29 is 4.39 Å². The van der Waals surface area contributed by atoms with E-state index in [2.05, 4.69) is 5.32 Å². The quantitative estimate of drug-likeness (QED) is 0.565. The Morgan fingerprint density at radius 1 is 1.33 bits per heavy atom. The van der Waals surface area contributed by atoms with E-state index in [9.17, 15) is 4.39 Å². The van der Waals surface area contributed by atoms with Gasteiger partial charge in [-0.15, -0.1) is 0 Å². The second-order valence-electron chi connectivity index (χ2n) is 4.23. The van der Waals surface area contributed by atoms with Crippen molar-refractivity contribution in [3.8, 4) is 0 Å². The molecule has 0 radical (unpaired) electrons. The van der Waals surface area contributed by atoms with Crippen LogP contribution in [-0.2, 0) is 0 Å². The number of allylic oxidation sites excluding steroid dienone is 4. The van der Waals surface area contributed by atoms with Gasteiger partial charge in [-0.3, -0.25) is 5.41 Å². The fraction of sp³-hybridized carbons (Fsp3) is 0.214. The highest BCUT2D eigenvalue weighted by molar-refractivity contribution is 6.14. The van der Waals surface area contributed by atoms with E-state index in [-0.39, 0.29) is 5.83 Å². The van der Waals surface area contributed by atoms with E-state index < -0.39 is 0 Å². The first-order chi connectivity index (χ1) is 8.61. The molecule has 0 heterocycles. The molecule has 0 spiro atoms. The lowest BCUT2D eigenvalue weighted by Gasteiger charge is -2.14. The summed E-state index contributed by atoms with van der Waals surface area (Å²) >= 11 is 0. The highest BCUT2D eigenvalue weighted by atomic mass is 19.1. The third kappa shape index (κ3) is 2.42. The Bertz CT molecular complexity index is 544. The molecule has 0 fully saturated rings. The van der Waals surface area contributed by atoms with Crippen LogP contribution in [0.15, 0.2) is 41.8 Å². The number of nitrogens with two attached hydrogens (primary N) is 1. The highest BCUT2D eigenvalue weighted by Crippen LogP contribution is 2.26. The molecule has 4 N–H and O–H groups in total. The number of rotatable bonds is 3. The van der Waals surface area contributed by atoms with Gasteiger partial charge in [0, 0.05) is 30.4 Å². The summed E-state index contributed by atoms with van der Waals surface area (Å²) in [5.41, 5.74) is 9.29. The fourth-order valence-corrected chi connectivity index (χ4v) is 1.94. The van der Waals surface area contributed by atoms with Gasteiger partial charge in [-0.1, -0.05) is 6.08 Å². The van der Waals surface area contributed by atoms with Crippen molar-refractivity contribution in [2.45, 2.75) is 12.8 Å². The van der Waals surface area contributed by atoms with E-state index in [0.717, 1.165) is 11.3 Å². The highest BCUT2D eigenvalue weighted by Gasteiger charge is 2.14. The van der Waals surface area contributed by atoms with Gasteiger partial charge in [0.1, 0.15) is 5.83 Å². The lowest BCUT2D eigenvalue weighted by Crippen LogP contribution is -2.09. The summed E-state index contributed by atoms with van der Waals surface area (Å²) in [6, 6.07) is 5.49. The summed E-state index contributed by atoms with van der Waals surface area (Å²) < 4.78 is 12.9. The third-order valence-corrected chi connectivity index (χ3v) is 3.03. The van der Waals surface area contributed by atoms with E-state index in [0.29, 0.717) is 29.8 Å². The van der Waals surface area contributed by atoms with Crippen LogP contribution in [0.4, 0.5) is 15.8 Å². The molecule has 0 atom stereocenters. The van der Waals surface area contributed by atoms with Crippen molar-refractivity contribution in [2.24, 2.45) is 0 Å². The van der Waals surface area contributed by atoms with Crippen LogP contribution in [0.1, 0.15) is 18.4 Å². The zero-order valence-electron chi connectivity index (χ0n) is 10.3. The van der Waals surface area contributed by atoms with Gasteiger partial charge in [0.15, 0.2) is 0 Å². The van der Waals surface area contributed by atoms with E-state index in [1.165, 1.54) is 6.08 Å². The summed E-state index contributed by atoms with van der Waals surface area (Å²) in [5, 5.41) is 11.1. The normalized spacial score (nSPS) is 14.8. The number of nitrogen functional groups attached to an aromatic ring is 1. The molecule has 1 aromatic rings. The smallest absolute Gasteiger partial charge is 0.100 e. The molecule has 2 rings (SSSR count). The molecular formula is C14H16FN3. The minimum atomic E-state index is -0.134.